The van der Waals surface area contributed by atoms with Gasteiger partial charge in [-0.1, -0.05) is 26.0 Å². The number of carboxylic acids is 1. The van der Waals surface area contributed by atoms with Crippen LogP contribution in [0.4, 0.5) is 0 Å². The van der Waals surface area contributed by atoms with E-state index in [9.17, 15) is 4.79 Å². The third-order valence-electron chi connectivity index (χ3n) is 4.17. The van der Waals surface area contributed by atoms with Crippen LogP contribution in [0.2, 0.25) is 0 Å². The first-order chi connectivity index (χ1) is 10.6. The average Bonchev–Trinajstić information content (AvgIpc) is 2.52. The fourth-order valence-electron chi connectivity index (χ4n) is 2.83. The zero-order chi connectivity index (χ0) is 15.9. The van der Waals surface area contributed by atoms with Gasteiger partial charge in [0.1, 0.15) is 0 Å². The molecule has 1 aromatic carbocycles. The van der Waals surface area contributed by atoms with Gasteiger partial charge in [0.25, 0.3) is 0 Å². The molecule has 0 aromatic heterocycles. The van der Waals surface area contributed by atoms with Crippen LogP contribution in [0.1, 0.15) is 29.8 Å². The Morgan fingerprint density at radius 1 is 1.27 bits per heavy atom. The molecule has 1 aliphatic rings. The van der Waals surface area contributed by atoms with Gasteiger partial charge in [0, 0.05) is 32.2 Å². The summed E-state index contributed by atoms with van der Waals surface area (Å²) in [7, 11) is 0. The van der Waals surface area contributed by atoms with Crippen molar-refractivity contribution in [3.63, 3.8) is 0 Å². The van der Waals surface area contributed by atoms with Crippen LogP contribution in [0.25, 0.3) is 0 Å². The number of carboxylic acid groups (broad SMARTS) is 1. The first-order valence-corrected chi connectivity index (χ1v) is 7.92. The summed E-state index contributed by atoms with van der Waals surface area (Å²) in [5.74, 6) is -0.299. The van der Waals surface area contributed by atoms with Crippen molar-refractivity contribution in [3.05, 3.63) is 35.4 Å². The summed E-state index contributed by atoms with van der Waals surface area (Å²) < 4.78 is 5.42. The summed E-state index contributed by atoms with van der Waals surface area (Å²) >= 11 is 0. The van der Waals surface area contributed by atoms with E-state index in [2.05, 4.69) is 24.1 Å². The SMILES string of the molecule is CC(C)C(CNCc1ccc(C(=O)O)cc1)N1CCOCC1. The Kier molecular flexibility index (Phi) is 6.36. The molecule has 1 fully saturated rings. The Hall–Kier alpha value is -1.43. The van der Waals surface area contributed by atoms with Gasteiger partial charge < -0.3 is 15.2 Å². The molecule has 0 saturated carbocycles. The van der Waals surface area contributed by atoms with Crippen molar-refractivity contribution in [1.29, 1.82) is 0 Å². The van der Waals surface area contributed by atoms with Gasteiger partial charge in [0.15, 0.2) is 0 Å². The molecule has 2 rings (SSSR count). The zero-order valence-corrected chi connectivity index (χ0v) is 13.4. The molecular formula is C17H26N2O3. The van der Waals surface area contributed by atoms with Crippen LogP contribution in [0, 0.1) is 5.92 Å². The van der Waals surface area contributed by atoms with Gasteiger partial charge in [-0.2, -0.15) is 0 Å². The average molecular weight is 306 g/mol. The zero-order valence-electron chi connectivity index (χ0n) is 13.4. The number of nitrogens with one attached hydrogen (secondary N) is 1. The van der Waals surface area contributed by atoms with Gasteiger partial charge in [-0.15, -0.1) is 0 Å². The van der Waals surface area contributed by atoms with E-state index >= 15 is 0 Å². The van der Waals surface area contributed by atoms with Crippen LogP contribution >= 0.6 is 0 Å². The largest absolute Gasteiger partial charge is 0.478 e. The molecule has 0 bridgehead atoms. The minimum Gasteiger partial charge on any atom is -0.478 e. The quantitative estimate of drug-likeness (QED) is 0.805. The van der Waals surface area contributed by atoms with E-state index < -0.39 is 5.97 Å². The molecule has 0 radical (unpaired) electrons. The van der Waals surface area contributed by atoms with E-state index in [1.807, 2.05) is 12.1 Å². The second kappa shape index (κ2) is 8.27. The predicted octanol–water partition coefficient (Wildman–Crippen LogP) is 1.83. The fraction of sp³-hybridized carbons (Fsp3) is 0.588. The van der Waals surface area contributed by atoms with E-state index in [-0.39, 0.29) is 0 Å². The molecule has 1 atom stereocenters. The Bertz CT molecular complexity index is 467. The predicted molar refractivity (Wildman–Crippen MR) is 86.1 cm³/mol. The number of aromatic carboxylic acids is 1. The summed E-state index contributed by atoms with van der Waals surface area (Å²) in [6.07, 6.45) is 0. The van der Waals surface area contributed by atoms with Crippen molar-refractivity contribution >= 4 is 5.97 Å². The van der Waals surface area contributed by atoms with Gasteiger partial charge in [-0.3, -0.25) is 4.90 Å². The number of nitrogens with zero attached hydrogens (tertiary/aromatic N) is 1. The maximum atomic E-state index is 10.8. The van der Waals surface area contributed by atoms with Crippen molar-refractivity contribution in [2.75, 3.05) is 32.8 Å². The maximum Gasteiger partial charge on any atom is 0.335 e. The molecular weight excluding hydrogens is 280 g/mol. The molecule has 22 heavy (non-hydrogen) atoms. The lowest BCUT2D eigenvalue weighted by Crippen LogP contribution is -2.50. The van der Waals surface area contributed by atoms with Crippen molar-refractivity contribution < 1.29 is 14.6 Å². The molecule has 0 spiro atoms. The summed E-state index contributed by atoms with van der Waals surface area (Å²) in [5.41, 5.74) is 1.44. The van der Waals surface area contributed by atoms with Crippen molar-refractivity contribution in [2.24, 2.45) is 5.92 Å². The molecule has 1 aliphatic heterocycles. The summed E-state index contributed by atoms with van der Waals surface area (Å²) in [5, 5.41) is 12.4. The van der Waals surface area contributed by atoms with Crippen molar-refractivity contribution in [3.8, 4) is 0 Å². The van der Waals surface area contributed by atoms with E-state index in [4.69, 9.17) is 9.84 Å². The second-order valence-corrected chi connectivity index (χ2v) is 6.09. The smallest absolute Gasteiger partial charge is 0.335 e. The van der Waals surface area contributed by atoms with Crippen molar-refractivity contribution in [2.45, 2.75) is 26.4 Å². The molecule has 5 heteroatoms. The Balaban J connectivity index is 1.83. The van der Waals surface area contributed by atoms with Crippen LogP contribution in [-0.2, 0) is 11.3 Å². The molecule has 5 nitrogen and oxygen atoms in total. The number of hydrogen-bond donors (Lipinski definition) is 2. The van der Waals surface area contributed by atoms with Gasteiger partial charge in [-0.25, -0.2) is 4.79 Å². The molecule has 0 amide bonds. The molecule has 2 N–H and O–H groups in total. The number of morpholine rings is 1. The van der Waals surface area contributed by atoms with Gasteiger partial charge in [-0.05, 0) is 23.6 Å². The summed E-state index contributed by atoms with van der Waals surface area (Å²) in [6.45, 7) is 9.83. The highest BCUT2D eigenvalue weighted by molar-refractivity contribution is 5.87. The molecule has 1 saturated heterocycles. The molecule has 1 heterocycles. The van der Waals surface area contributed by atoms with Crippen LogP contribution in [-0.4, -0.2) is 54.9 Å². The summed E-state index contributed by atoms with van der Waals surface area (Å²) in [4.78, 5) is 13.3. The lowest BCUT2D eigenvalue weighted by Gasteiger charge is -2.37. The van der Waals surface area contributed by atoms with Gasteiger partial charge >= 0.3 is 5.97 Å². The molecule has 1 unspecified atom stereocenters. The fourth-order valence-corrected chi connectivity index (χ4v) is 2.83. The first-order valence-electron chi connectivity index (χ1n) is 7.92. The highest BCUT2D eigenvalue weighted by Gasteiger charge is 2.23. The number of hydrogen-bond acceptors (Lipinski definition) is 4. The molecule has 1 aromatic rings. The van der Waals surface area contributed by atoms with Crippen LogP contribution in [0.3, 0.4) is 0 Å². The molecule has 0 aliphatic carbocycles. The van der Waals surface area contributed by atoms with Crippen molar-refractivity contribution in [1.82, 2.24) is 10.2 Å². The highest BCUT2D eigenvalue weighted by Crippen LogP contribution is 2.12. The lowest BCUT2D eigenvalue weighted by molar-refractivity contribution is 0.00648. The Labute approximate surface area is 132 Å². The first kappa shape index (κ1) is 16.9. The third-order valence-corrected chi connectivity index (χ3v) is 4.17. The van der Waals surface area contributed by atoms with E-state index in [0.717, 1.165) is 45.0 Å². The number of carbonyl (C=O) groups is 1. The van der Waals surface area contributed by atoms with Crippen LogP contribution < -0.4 is 5.32 Å². The van der Waals surface area contributed by atoms with Gasteiger partial charge in [0.2, 0.25) is 0 Å². The third kappa shape index (κ3) is 4.80. The second-order valence-electron chi connectivity index (χ2n) is 6.09. The minimum atomic E-state index is -0.883. The normalized spacial score (nSPS) is 17.6. The number of rotatable bonds is 7. The topological polar surface area (TPSA) is 61.8 Å². The van der Waals surface area contributed by atoms with E-state index in [1.165, 1.54) is 0 Å². The number of benzene rings is 1. The van der Waals surface area contributed by atoms with Crippen LogP contribution in [0.15, 0.2) is 24.3 Å². The number of ether oxygens (including phenoxy) is 1. The van der Waals surface area contributed by atoms with Crippen LogP contribution in [0.5, 0.6) is 0 Å². The monoisotopic (exact) mass is 306 g/mol. The van der Waals surface area contributed by atoms with E-state index in [0.29, 0.717) is 17.5 Å². The maximum absolute atomic E-state index is 10.8. The lowest BCUT2D eigenvalue weighted by atomic mass is 10.0. The molecule has 122 valence electrons. The Morgan fingerprint density at radius 3 is 2.45 bits per heavy atom. The summed E-state index contributed by atoms with van der Waals surface area (Å²) in [6, 6.07) is 7.55. The standard InChI is InChI=1S/C17H26N2O3/c1-13(2)16(19-7-9-22-10-8-19)12-18-11-14-3-5-15(6-4-14)17(20)21/h3-6,13,16,18H,7-12H2,1-2H3,(H,20,21). The Morgan fingerprint density at radius 2 is 1.91 bits per heavy atom. The highest BCUT2D eigenvalue weighted by atomic mass is 16.5. The minimum absolute atomic E-state index is 0.331. The van der Waals surface area contributed by atoms with Gasteiger partial charge in [0.05, 0.1) is 18.8 Å². The van der Waals surface area contributed by atoms with E-state index in [1.54, 1.807) is 12.1 Å².